The third-order valence-corrected chi connectivity index (χ3v) is 7.08. The van der Waals surface area contributed by atoms with Crippen LogP contribution in [0.15, 0.2) is 42.6 Å². The number of carbonyl (C=O) groups is 2. The van der Waals surface area contributed by atoms with Gasteiger partial charge in [0.2, 0.25) is 11.8 Å². The third kappa shape index (κ3) is 2.74. The number of nitrogens with one attached hydrogen (secondary N) is 1. The molecule has 1 N–H and O–H groups in total. The summed E-state index contributed by atoms with van der Waals surface area (Å²) in [5, 5.41) is 7.09. The minimum atomic E-state index is -0.697. The van der Waals surface area contributed by atoms with Crippen molar-refractivity contribution in [1.82, 2.24) is 20.0 Å². The summed E-state index contributed by atoms with van der Waals surface area (Å²) in [5.74, 6) is -0.178. The van der Waals surface area contributed by atoms with E-state index in [4.69, 9.17) is 9.47 Å². The smallest absolute Gasteiger partial charge is 0.230 e. The summed E-state index contributed by atoms with van der Waals surface area (Å²) >= 11 is 0. The van der Waals surface area contributed by atoms with Crippen molar-refractivity contribution in [3.8, 4) is 5.75 Å². The maximum Gasteiger partial charge on any atom is 0.230 e. The van der Waals surface area contributed by atoms with Crippen molar-refractivity contribution < 1.29 is 19.1 Å². The van der Waals surface area contributed by atoms with Crippen molar-refractivity contribution in [2.75, 3.05) is 20.2 Å². The largest absolute Gasteiger partial charge is 0.497 e. The molecule has 4 aliphatic rings. The van der Waals surface area contributed by atoms with E-state index in [1.54, 1.807) is 13.3 Å². The van der Waals surface area contributed by atoms with Crippen LogP contribution in [0.1, 0.15) is 16.8 Å². The van der Waals surface area contributed by atoms with E-state index in [2.05, 4.69) is 10.2 Å². The lowest BCUT2D eigenvalue weighted by Crippen LogP contribution is -2.47. The molecule has 8 nitrogen and oxygen atoms in total. The van der Waals surface area contributed by atoms with Gasteiger partial charge in [-0.2, -0.15) is 5.10 Å². The van der Waals surface area contributed by atoms with Gasteiger partial charge in [-0.05, 0) is 17.7 Å². The molecule has 1 aromatic carbocycles. The average molecular weight is 420 g/mol. The summed E-state index contributed by atoms with van der Waals surface area (Å²) in [6, 6.07) is 7.72. The number of nitrogens with zero attached hydrogens (tertiary/aromatic N) is 3. The second-order valence-electron chi connectivity index (χ2n) is 8.83. The number of fused-ring (bicyclic) bond motifs is 2. The summed E-state index contributed by atoms with van der Waals surface area (Å²) < 4.78 is 11.6. The van der Waals surface area contributed by atoms with Crippen LogP contribution in [-0.2, 0) is 33.8 Å². The first kappa shape index (κ1) is 18.6. The number of rotatable bonds is 4. The van der Waals surface area contributed by atoms with Gasteiger partial charge in [0.15, 0.2) is 0 Å². The van der Waals surface area contributed by atoms with Gasteiger partial charge in [-0.1, -0.05) is 24.3 Å². The molecular weight excluding hydrogens is 396 g/mol. The Labute approximate surface area is 179 Å². The quantitative estimate of drug-likeness (QED) is 0.753. The summed E-state index contributed by atoms with van der Waals surface area (Å²) in [6.45, 7) is 2.09. The fourth-order valence-corrected chi connectivity index (χ4v) is 5.61. The molecule has 2 bridgehead atoms. The molecule has 0 radical (unpaired) electrons. The lowest BCUT2D eigenvalue weighted by molar-refractivity contribution is -0.144. The molecule has 4 aliphatic heterocycles. The van der Waals surface area contributed by atoms with Crippen LogP contribution >= 0.6 is 0 Å². The number of ether oxygens (including phenoxy) is 2. The number of hydrogen-bond acceptors (Lipinski definition) is 5. The number of aromatic nitrogens is 2. The van der Waals surface area contributed by atoms with Gasteiger partial charge < -0.3 is 19.3 Å². The van der Waals surface area contributed by atoms with Crippen molar-refractivity contribution in [2.24, 2.45) is 11.8 Å². The highest BCUT2D eigenvalue weighted by Crippen LogP contribution is 2.52. The molecule has 160 valence electrons. The van der Waals surface area contributed by atoms with Gasteiger partial charge in [-0.3, -0.25) is 14.7 Å². The van der Waals surface area contributed by atoms with Crippen molar-refractivity contribution >= 4 is 11.8 Å². The fraction of sp³-hybridized carbons (Fsp3) is 0.435. The number of likely N-dealkylation sites (tertiary alicyclic amines) is 1. The minimum Gasteiger partial charge on any atom is -0.497 e. The van der Waals surface area contributed by atoms with Crippen LogP contribution in [0.3, 0.4) is 0 Å². The summed E-state index contributed by atoms with van der Waals surface area (Å²) in [4.78, 5) is 30.7. The molecule has 4 atom stereocenters. The van der Waals surface area contributed by atoms with Crippen molar-refractivity contribution in [2.45, 2.75) is 31.2 Å². The molecule has 0 aliphatic carbocycles. The second-order valence-corrected chi connectivity index (χ2v) is 8.83. The monoisotopic (exact) mass is 420 g/mol. The average Bonchev–Trinajstić information content (AvgIpc) is 3.54. The van der Waals surface area contributed by atoms with Gasteiger partial charge in [0, 0.05) is 37.3 Å². The van der Waals surface area contributed by atoms with E-state index in [1.807, 2.05) is 46.2 Å². The SMILES string of the molecule is COc1cccc(CN2C[C@]34C=C[C@H](O3)C(C(=O)N3CCc5[nH]ncc5C3)C4C2=O)c1. The van der Waals surface area contributed by atoms with Gasteiger partial charge in [-0.15, -0.1) is 0 Å². The summed E-state index contributed by atoms with van der Waals surface area (Å²) in [7, 11) is 1.63. The second kappa shape index (κ2) is 6.68. The fourth-order valence-electron chi connectivity index (χ4n) is 5.61. The van der Waals surface area contributed by atoms with Gasteiger partial charge >= 0.3 is 0 Å². The third-order valence-electron chi connectivity index (χ3n) is 7.08. The topological polar surface area (TPSA) is 87.8 Å². The molecule has 2 aromatic rings. The zero-order valence-corrected chi connectivity index (χ0v) is 17.3. The van der Waals surface area contributed by atoms with Crippen LogP contribution in [0.25, 0.3) is 0 Å². The Morgan fingerprint density at radius 1 is 1.42 bits per heavy atom. The molecule has 0 saturated carbocycles. The summed E-state index contributed by atoms with van der Waals surface area (Å²) in [5.41, 5.74) is 2.43. The Morgan fingerprint density at radius 2 is 2.32 bits per heavy atom. The van der Waals surface area contributed by atoms with E-state index in [0.29, 0.717) is 26.2 Å². The zero-order valence-electron chi connectivity index (χ0n) is 17.3. The number of H-pyrrole nitrogens is 1. The van der Waals surface area contributed by atoms with E-state index >= 15 is 0 Å². The molecule has 1 spiro atoms. The molecule has 2 fully saturated rings. The Balaban J connectivity index is 1.24. The Kier molecular flexibility index (Phi) is 4.02. The predicted octanol–water partition coefficient (Wildman–Crippen LogP) is 1.29. The number of benzene rings is 1. The van der Waals surface area contributed by atoms with Crippen LogP contribution in [-0.4, -0.2) is 63.7 Å². The van der Waals surface area contributed by atoms with E-state index in [-0.39, 0.29) is 17.9 Å². The van der Waals surface area contributed by atoms with E-state index < -0.39 is 17.4 Å². The van der Waals surface area contributed by atoms with Crippen LogP contribution < -0.4 is 4.74 Å². The van der Waals surface area contributed by atoms with Gasteiger partial charge in [0.05, 0.1) is 37.8 Å². The molecule has 2 unspecified atom stereocenters. The van der Waals surface area contributed by atoms with E-state index in [0.717, 1.165) is 29.0 Å². The van der Waals surface area contributed by atoms with Crippen molar-refractivity contribution in [3.05, 3.63) is 59.4 Å². The van der Waals surface area contributed by atoms with E-state index in [9.17, 15) is 9.59 Å². The van der Waals surface area contributed by atoms with Gasteiger partial charge in [-0.25, -0.2) is 0 Å². The van der Waals surface area contributed by atoms with Gasteiger partial charge in [0.25, 0.3) is 0 Å². The molecule has 5 heterocycles. The summed E-state index contributed by atoms with van der Waals surface area (Å²) in [6.07, 6.45) is 6.17. The highest BCUT2D eigenvalue weighted by atomic mass is 16.5. The van der Waals surface area contributed by atoms with Gasteiger partial charge in [0.1, 0.15) is 11.4 Å². The highest BCUT2D eigenvalue weighted by molar-refractivity contribution is 5.93. The molecule has 8 heteroatoms. The van der Waals surface area contributed by atoms with Crippen LogP contribution in [0.2, 0.25) is 0 Å². The van der Waals surface area contributed by atoms with E-state index in [1.165, 1.54) is 0 Å². The number of hydrogen-bond donors (Lipinski definition) is 1. The van der Waals surface area contributed by atoms with Crippen molar-refractivity contribution in [3.63, 3.8) is 0 Å². The normalized spacial score (nSPS) is 30.6. The molecule has 1 aromatic heterocycles. The highest BCUT2D eigenvalue weighted by Gasteiger charge is 2.67. The Morgan fingerprint density at radius 3 is 3.19 bits per heavy atom. The lowest BCUT2D eigenvalue weighted by atomic mass is 9.76. The van der Waals surface area contributed by atoms with Crippen LogP contribution in [0, 0.1) is 11.8 Å². The number of aromatic amines is 1. The molecule has 2 amide bonds. The lowest BCUT2D eigenvalue weighted by Gasteiger charge is -2.32. The zero-order chi connectivity index (χ0) is 21.2. The Bertz CT molecular complexity index is 1090. The first-order valence-corrected chi connectivity index (χ1v) is 10.7. The molecular formula is C23H24N4O4. The van der Waals surface area contributed by atoms with Crippen LogP contribution in [0.5, 0.6) is 5.75 Å². The maximum absolute atomic E-state index is 13.5. The standard InChI is InChI=1S/C23H24N4O4/c1-30-16-4-2-3-14(9-16)11-27-13-23-7-5-18(31-23)19(20(23)22(27)29)21(28)26-8-6-17-15(12-26)10-24-25-17/h2-5,7,9-10,18-20H,6,8,11-13H2,1H3,(H,24,25)/t18-,19?,20?,23-/m0/s1. The maximum atomic E-state index is 13.5. The first-order valence-electron chi connectivity index (χ1n) is 10.7. The molecule has 6 rings (SSSR count). The number of methoxy groups -OCH3 is 1. The first-order chi connectivity index (χ1) is 15.1. The van der Waals surface area contributed by atoms with Crippen molar-refractivity contribution in [1.29, 1.82) is 0 Å². The van der Waals surface area contributed by atoms with Crippen LogP contribution in [0.4, 0.5) is 0 Å². The minimum absolute atomic E-state index is 0.00431. The predicted molar refractivity (Wildman–Crippen MR) is 110 cm³/mol. The molecule has 31 heavy (non-hydrogen) atoms. The number of amides is 2. The number of carbonyl (C=O) groups excluding carboxylic acids is 2. The Hall–Kier alpha value is -3.13. The molecule has 2 saturated heterocycles.